The number of pyridine rings is 1. The molecule has 1 unspecified atom stereocenters. The Morgan fingerprint density at radius 1 is 1.50 bits per heavy atom. The predicted octanol–water partition coefficient (Wildman–Crippen LogP) is 1.16. The zero-order valence-corrected chi connectivity index (χ0v) is 13.0. The number of carbonyl (C=O) groups is 1. The molecule has 3 rings (SSSR count). The average molecular weight is 300 g/mol. The summed E-state index contributed by atoms with van der Waals surface area (Å²) < 4.78 is 1.69. The van der Waals surface area contributed by atoms with Gasteiger partial charge in [0.1, 0.15) is 0 Å². The molecule has 2 heterocycles. The van der Waals surface area contributed by atoms with Crippen molar-refractivity contribution in [1.29, 1.82) is 0 Å². The third-order valence-corrected chi connectivity index (χ3v) is 4.36. The Bertz CT molecular complexity index is 749. The largest absolute Gasteiger partial charge is 0.392 e. The van der Waals surface area contributed by atoms with Gasteiger partial charge in [-0.05, 0) is 36.5 Å². The molecule has 2 aromatic rings. The lowest BCUT2D eigenvalue weighted by atomic mass is 9.74. The molecule has 22 heavy (non-hydrogen) atoms. The van der Waals surface area contributed by atoms with E-state index in [4.69, 9.17) is 5.73 Å². The van der Waals surface area contributed by atoms with Crippen molar-refractivity contribution in [2.24, 2.45) is 11.1 Å². The van der Waals surface area contributed by atoms with Crippen LogP contribution in [-0.2, 0) is 12.8 Å². The minimum atomic E-state index is -0.574. The number of hydrogen-bond acceptors (Lipinski definition) is 4. The fourth-order valence-corrected chi connectivity index (χ4v) is 2.92. The molecule has 1 amide bonds. The summed E-state index contributed by atoms with van der Waals surface area (Å²) in [6.07, 6.45) is 2.18. The Morgan fingerprint density at radius 3 is 2.86 bits per heavy atom. The van der Waals surface area contributed by atoms with Crippen molar-refractivity contribution in [2.75, 3.05) is 0 Å². The van der Waals surface area contributed by atoms with E-state index in [1.807, 2.05) is 32.9 Å². The van der Waals surface area contributed by atoms with Gasteiger partial charge in [0.2, 0.25) is 0 Å². The third kappa shape index (κ3) is 2.29. The lowest BCUT2D eigenvalue weighted by Crippen LogP contribution is -2.38. The summed E-state index contributed by atoms with van der Waals surface area (Å²) in [7, 11) is 0. The Labute approximate surface area is 129 Å². The van der Waals surface area contributed by atoms with Crippen molar-refractivity contribution in [3.8, 4) is 5.82 Å². The van der Waals surface area contributed by atoms with Crippen molar-refractivity contribution < 1.29 is 9.90 Å². The van der Waals surface area contributed by atoms with Gasteiger partial charge in [-0.1, -0.05) is 13.8 Å². The van der Waals surface area contributed by atoms with Gasteiger partial charge in [-0.15, -0.1) is 0 Å². The van der Waals surface area contributed by atoms with Gasteiger partial charge in [0.15, 0.2) is 11.5 Å². The number of hydrogen-bond donors (Lipinski definition) is 2. The van der Waals surface area contributed by atoms with Gasteiger partial charge in [0.25, 0.3) is 5.91 Å². The predicted molar refractivity (Wildman–Crippen MR) is 81.8 cm³/mol. The van der Waals surface area contributed by atoms with Gasteiger partial charge >= 0.3 is 0 Å². The first-order chi connectivity index (χ1) is 10.3. The number of carbonyl (C=O) groups excluding carboxylic acids is 1. The fraction of sp³-hybridized carbons (Fsp3) is 0.438. The van der Waals surface area contributed by atoms with E-state index in [0.717, 1.165) is 16.8 Å². The minimum Gasteiger partial charge on any atom is -0.392 e. The molecule has 1 atom stereocenters. The van der Waals surface area contributed by atoms with Crippen LogP contribution in [0.3, 0.4) is 0 Å². The molecule has 1 aliphatic carbocycles. The number of aromatic nitrogens is 3. The van der Waals surface area contributed by atoms with Crippen molar-refractivity contribution >= 4 is 5.91 Å². The van der Waals surface area contributed by atoms with Crippen LogP contribution in [0, 0.1) is 12.3 Å². The van der Waals surface area contributed by atoms with Crippen LogP contribution in [0.1, 0.15) is 41.2 Å². The van der Waals surface area contributed by atoms with Crippen LogP contribution >= 0.6 is 0 Å². The Hall–Kier alpha value is -2.21. The van der Waals surface area contributed by atoms with E-state index in [1.54, 1.807) is 10.9 Å². The highest BCUT2D eigenvalue weighted by molar-refractivity contribution is 5.92. The van der Waals surface area contributed by atoms with Crippen molar-refractivity contribution in [2.45, 2.75) is 39.7 Å². The van der Waals surface area contributed by atoms with Gasteiger partial charge in [-0.3, -0.25) is 4.79 Å². The maximum atomic E-state index is 11.7. The van der Waals surface area contributed by atoms with Crippen LogP contribution in [0.2, 0.25) is 0 Å². The minimum absolute atomic E-state index is 0.229. The molecule has 6 nitrogen and oxygen atoms in total. The standard InChI is InChI=1S/C16H20N4O2/c1-9-4-5-18-13(6-9)20-11-8-16(2,3)12(21)7-10(11)14(19-20)15(17)22/h4-6,12,21H,7-8H2,1-3H3,(H2,17,22). The maximum Gasteiger partial charge on any atom is 0.269 e. The highest BCUT2D eigenvalue weighted by Crippen LogP contribution is 2.37. The van der Waals surface area contributed by atoms with Gasteiger partial charge in [-0.25, -0.2) is 9.67 Å². The first-order valence-corrected chi connectivity index (χ1v) is 7.31. The van der Waals surface area contributed by atoms with Gasteiger partial charge < -0.3 is 10.8 Å². The Morgan fingerprint density at radius 2 is 2.23 bits per heavy atom. The van der Waals surface area contributed by atoms with E-state index in [2.05, 4.69) is 10.1 Å². The van der Waals surface area contributed by atoms with E-state index in [-0.39, 0.29) is 11.1 Å². The first-order valence-electron chi connectivity index (χ1n) is 7.31. The normalized spacial score (nSPS) is 19.7. The summed E-state index contributed by atoms with van der Waals surface area (Å²) in [5, 5.41) is 14.7. The molecule has 116 valence electrons. The lowest BCUT2D eigenvalue weighted by molar-refractivity contribution is 0.0412. The molecule has 0 aromatic carbocycles. The van der Waals surface area contributed by atoms with E-state index in [1.165, 1.54) is 0 Å². The quantitative estimate of drug-likeness (QED) is 0.870. The monoisotopic (exact) mass is 300 g/mol. The second kappa shape index (κ2) is 4.91. The van der Waals surface area contributed by atoms with E-state index >= 15 is 0 Å². The SMILES string of the molecule is Cc1ccnc(-n2nc(C(N)=O)c3c2CC(C)(C)C(O)C3)c1. The maximum absolute atomic E-state index is 11.7. The van der Waals surface area contributed by atoms with Crippen LogP contribution in [0.25, 0.3) is 5.82 Å². The molecule has 3 N–H and O–H groups in total. The number of amides is 1. The third-order valence-electron chi connectivity index (χ3n) is 4.36. The smallest absolute Gasteiger partial charge is 0.269 e. The molecule has 0 aliphatic heterocycles. The number of aliphatic hydroxyl groups is 1. The Balaban J connectivity index is 2.21. The molecule has 0 bridgehead atoms. The Kier molecular flexibility index (Phi) is 3.29. The lowest BCUT2D eigenvalue weighted by Gasteiger charge is -2.35. The number of aliphatic hydroxyl groups excluding tert-OH is 1. The zero-order chi connectivity index (χ0) is 16.1. The molecule has 1 aliphatic rings. The molecule has 2 aromatic heterocycles. The van der Waals surface area contributed by atoms with Crippen LogP contribution in [0.5, 0.6) is 0 Å². The zero-order valence-electron chi connectivity index (χ0n) is 13.0. The first kappa shape index (κ1) is 14.7. The summed E-state index contributed by atoms with van der Waals surface area (Å²) in [4.78, 5) is 16.0. The van der Waals surface area contributed by atoms with Gasteiger partial charge in [-0.2, -0.15) is 5.10 Å². The summed E-state index contributed by atoms with van der Waals surface area (Å²) in [6, 6.07) is 3.82. The number of fused-ring (bicyclic) bond motifs is 1. The number of aryl methyl sites for hydroxylation is 1. The number of primary amides is 1. The summed E-state index contributed by atoms with van der Waals surface area (Å²) in [5.74, 6) is 0.0884. The van der Waals surface area contributed by atoms with E-state index < -0.39 is 12.0 Å². The van der Waals surface area contributed by atoms with Crippen molar-refractivity contribution in [3.63, 3.8) is 0 Å². The average Bonchev–Trinajstić information content (AvgIpc) is 2.77. The van der Waals surface area contributed by atoms with Crippen molar-refractivity contribution in [3.05, 3.63) is 40.8 Å². The molecular weight excluding hydrogens is 280 g/mol. The second-order valence-corrected chi connectivity index (χ2v) is 6.63. The topological polar surface area (TPSA) is 94.0 Å². The number of nitrogens with zero attached hydrogens (tertiary/aromatic N) is 3. The second-order valence-electron chi connectivity index (χ2n) is 6.63. The molecule has 0 saturated heterocycles. The fourth-order valence-electron chi connectivity index (χ4n) is 2.92. The molecule has 0 fully saturated rings. The van der Waals surface area contributed by atoms with Gasteiger partial charge in [0.05, 0.1) is 11.8 Å². The number of rotatable bonds is 2. The number of nitrogens with two attached hydrogens (primary N) is 1. The van der Waals surface area contributed by atoms with Crippen LogP contribution in [0.4, 0.5) is 0 Å². The summed E-state index contributed by atoms with van der Waals surface area (Å²) >= 11 is 0. The van der Waals surface area contributed by atoms with Crippen LogP contribution < -0.4 is 5.73 Å². The molecule has 0 radical (unpaired) electrons. The molecule has 6 heteroatoms. The van der Waals surface area contributed by atoms with E-state index in [9.17, 15) is 9.90 Å². The molecular formula is C16H20N4O2. The highest BCUT2D eigenvalue weighted by Gasteiger charge is 2.39. The van der Waals surface area contributed by atoms with E-state index in [0.29, 0.717) is 18.7 Å². The van der Waals surface area contributed by atoms with Crippen LogP contribution in [-0.4, -0.2) is 31.9 Å². The van der Waals surface area contributed by atoms with Crippen LogP contribution in [0.15, 0.2) is 18.3 Å². The molecule has 0 saturated carbocycles. The summed E-state index contributed by atoms with van der Waals surface area (Å²) in [5.41, 5.74) is 8.10. The highest BCUT2D eigenvalue weighted by atomic mass is 16.3. The molecule has 0 spiro atoms. The summed E-state index contributed by atoms with van der Waals surface area (Å²) in [6.45, 7) is 5.99. The van der Waals surface area contributed by atoms with Gasteiger partial charge in [0, 0.05) is 18.2 Å². The van der Waals surface area contributed by atoms with Crippen molar-refractivity contribution in [1.82, 2.24) is 14.8 Å².